The number of rotatable bonds is 3. The van der Waals surface area contributed by atoms with Crippen LogP contribution in [0.15, 0.2) is 42.0 Å². The summed E-state index contributed by atoms with van der Waals surface area (Å²) in [6, 6.07) is 4.02. The van der Waals surface area contributed by atoms with Crippen molar-refractivity contribution in [3.8, 4) is 0 Å². The highest BCUT2D eigenvalue weighted by atomic mass is 15.5. The molecular weight excluding hydrogens is 318 g/mol. The first-order valence-electron chi connectivity index (χ1n) is 7.99. The van der Waals surface area contributed by atoms with Gasteiger partial charge in [-0.15, -0.1) is 5.10 Å². The van der Waals surface area contributed by atoms with Crippen LogP contribution in [-0.4, -0.2) is 59.2 Å². The zero-order valence-corrected chi connectivity index (χ0v) is 13.6. The lowest BCUT2D eigenvalue weighted by atomic mass is 10.1. The van der Waals surface area contributed by atoms with Gasteiger partial charge in [0.05, 0.1) is 24.4 Å². The fourth-order valence-corrected chi connectivity index (χ4v) is 3.03. The molecule has 0 radical (unpaired) electrons. The predicted molar refractivity (Wildman–Crippen MR) is 91.3 cm³/mol. The molecule has 1 aliphatic heterocycles. The number of hydrazone groups is 1. The third kappa shape index (κ3) is 2.40. The van der Waals surface area contributed by atoms with E-state index >= 15 is 0 Å². The van der Waals surface area contributed by atoms with E-state index in [1.54, 1.807) is 17.1 Å². The summed E-state index contributed by atoms with van der Waals surface area (Å²) >= 11 is 0. The van der Waals surface area contributed by atoms with Crippen LogP contribution >= 0.6 is 0 Å². The van der Waals surface area contributed by atoms with Crippen molar-refractivity contribution in [1.82, 2.24) is 39.4 Å². The van der Waals surface area contributed by atoms with Gasteiger partial charge in [0, 0.05) is 38.4 Å². The van der Waals surface area contributed by atoms with Crippen LogP contribution in [-0.2, 0) is 6.54 Å². The lowest BCUT2D eigenvalue weighted by Crippen LogP contribution is -2.14. The molecule has 4 aromatic heterocycles. The van der Waals surface area contributed by atoms with E-state index in [-0.39, 0.29) is 5.92 Å². The molecule has 1 aliphatic rings. The van der Waals surface area contributed by atoms with Crippen molar-refractivity contribution in [3.63, 3.8) is 0 Å². The Balaban J connectivity index is 1.51. The maximum absolute atomic E-state index is 4.74. The van der Waals surface area contributed by atoms with E-state index in [2.05, 4.69) is 25.4 Å². The summed E-state index contributed by atoms with van der Waals surface area (Å²) < 4.78 is 3.76. The second-order valence-corrected chi connectivity index (χ2v) is 6.13. The maximum Gasteiger partial charge on any atom is 0.221 e. The Kier molecular flexibility index (Phi) is 2.99. The van der Waals surface area contributed by atoms with Crippen molar-refractivity contribution in [1.29, 1.82) is 0 Å². The van der Waals surface area contributed by atoms with Crippen LogP contribution in [0.4, 0.5) is 0 Å². The van der Waals surface area contributed by atoms with Crippen LogP contribution in [0.25, 0.3) is 16.9 Å². The third-order valence-corrected chi connectivity index (χ3v) is 4.31. The Morgan fingerprint density at radius 1 is 1.24 bits per heavy atom. The van der Waals surface area contributed by atoms with Gasteiger partial charge in [0.25, 0.3) is 0 Å². The van der Waals surface area contributed by atoms with E-state index in [1.807, 2.05) is 47.2 Å². The highest BCUT2D eigenvalue weighted by molar-refractivity contribution is 5.71. The fourth-order valence-electron chi connectivity index (χ4n) is 3.03. The van der Waals surface area contributed by atoms with E-state index in [1.165, 1.54) is 0 Å². The average molecular weight is 333 g/mol. The van der Waals surface area contributed by atoms with Crippen molar-refractivity contribution < 1.29 is 0 Å². The summed E-state index contributed by atoms with van der Waals surface area (Å²) in [5, 5.41) is 14.5. The molecular formula is C16H15N9. The summed E-state index contributed by atoms with van der Waals surface area (Å²) in [7, 11) is 1.94. The summed E-state index contributed by atoms with van der Waals surface area (Å²) in [6.45, 7) is 1.38. The van der Waals surface area contributed by atoms with Gasteiger partial charge in [0.2, 0.25) is 5.65 Å². The van der Waals surface area contributed by atoms with Crippen molar-refractivity contribution >= 4 is 23.2 Å². The molecule has 9 nitrogen and oxygen atoms in total. The van der Waals surface area contributed by atoms with Crippen molar-refractivity contribution in [2.75, 3.05) is 13.6 Å². The molecule has 0 fully saturated rings. The number of pyridine rings is 1. The first-order valence-corrected chi connectivity index (χ1v) is 7.99. The summed E-state index contributed by atoms with van der Waals surface area (Å²) in [4.78, 5) is 13.4. The van der Waals surface area contributed by atoms with E-state index in [4.69, 9.17) is 4.98 Å². The highest BCUT2D eigenvalue weighted by Gasteiger charge is 2.20. The van der Waals surface area contributed by atoms with Gasteiger partial charge in [-0.05, 0) is 11.6 Å². The Morgan fingerprint density at radius 3 is 3.08 bits per heavy atom. The SMILES string of the molecule is CN1CC(c2cnc3nnn(Cc4ccc5nccn5c4)c3n2)C=N1. The van der Waals surface area contributed by atoms with Gasteiger partial charge in [0.15, 0.2) is 5.65 Å². The van der Waals surface area contributed by atoms with Gasteiger partial charge >= 0.3 is 0 Å². The summed E-state index contributed by atoms with van der Waals surface area (Å²) in [6.07, 6.45) is 9.39. The average Bonchev–Trinajstić information content (AvgIpc) is 3.34. The minimum Gasteiger partial charge on any atom is -0.307 e. The minimum absolute atomic E-state index is 0.146. The molecule has 0 aromatic carbocycles. The number of aromatic nitrogens is 7. The molecule has 4 aromatic rings. The largest absolute Gasteiger partial charge is 0.307 e. The number of fused-ring (bicyclic) bond motifs is 2. The van der Waals surface area contributed by atoms with Crippen LogP contribution in [0.5, 0.6) is 0 Å². The van der Waals surface area contributed by atoms with Crippen LogP contribution in [0, 0.1) is 0 Å². The van der Waals surface area contributed by atoms with Gasteiger partial charge in [-0.2, -0.15) is 5.10 Å². The molecule has 0 saturated carbocycles. The maximum atomic E-state index is 4.74. The minimum atomic E-state index is 0.146. The smallest absolute Gasteiger partial charge is 0.221 e. The highest BCUT2D eigenvalue weighted by Crippen LogP contribution is 2.19. The van der Waals surface area contributed by atoms with E-state index in [0.717, 1.165) is 23.4 Å². The Hall–Kier alpha value is -3.36. The standard InChI is InChI=1S/C16H15N9/c1-23-10-12(6-19-23)13-7-18-15-16(20-13)25(22-21-15)9-11-2-3-14-17-4-5-24(14)8-11/h2-8,12H,9-10H2,1H3. The molecule has 0 saturated heterocycles. The zero-order valence-electron chi connectivity index (χ0n) is 13.6. The second-order valence-electron chi connectivity index (χ2n) is 6.13. The lowest BCUT2D eigenvalue weighted by molar-refractivity contribution is 0.380. The van der Waals surface area contributed by atoms with E-state index in [0.29, 0.717) is 17.8 Å². The molecule has 1 unspecified atom stereocenters. The molecule has 1 atom stereocenters. The molecule has 0 spiro atoms. The van der Waals surface area contributed by atoms with Crippen molar-refractivity contribution in [2.24, 2.45) is 5.10 Å². The van der Waals surface area contributed by atoms with Gasteiger partial charge in [0.1, 0.15) is 5.65 Å². The van der Waals surface area contributed by atoms with Gasteiger partial charge in [-0.25, -0.2) is 19.6 Å². The van der Waals surface area contributed by atoms with Crippen LogP contribution < -0.4 is 0 Å². The molecule has 0 N–H and O–H groups in total. The lowest BCUT2D eigenvalue weighted by Gasteiger charge is -2.09. The number of hydrogen-bond donors (Lipinski definition) is 0. The number of likely N-dealkylation sites (N-methyl/N-ethyl adjacent to an activating group) is 1. The monoisotopic (exact) mass is 333 g/mol. The number of imidazole rings is 1. The number of hydrogen-bond acceptors (Lipinski definition) is 7. The summed E-state index contributed by atoms with van der Waals surface area (Å²) in [5.74, 6) is 0.146. The quantitative estimate of drug-likeness (QED) is 0.554. The van der Waals surface area contributed by atoms with E-state index in [9.17, 15) is 0 Å². The zero-order chi connectivity index (χ0) is 16.8. The molecule has 0 bridgehead atoms. The Morgan fingerprint density at radius 2 is 2.20 bits per heavy atom. The first kappa shape index (κ1) is 14.0. The molecule has 25 heavy (non-hydrogen) atoms. The first-order chi connectivity index (χ1) is 12.3. The van der Waals surface area contributed by atoms with Crippen molar-refractivity contribution in [2.45, 2.75) is 12.5 Å². The normalized spacial score (nSPS) is 17.2. The van der Waals surface area contributed by atoms with Gasteiger partial charge in [-0.1, -0.05) is 11.3 Å². The van der Waals surface area contributed by atoms with Gasteiger partial charge < -0.3 is 4.40 Å². The van der Waals surface area contributed by atoms with E-state index < -0.39 is 0 Å². The van der Waals surface area contributed by atoms with Crippen molar-refractivity contribution in [3.05, 3.63) is 48.2 Å². The molecule has 9 heteroatoms. The molecule has 0 amide bonds. The summed E-state index contributed by atoms with van der Waals surface area (Å²) in [5.41, 5.74) is 4.13. The second kappa shape index (κ2) is 5.33. The van der Waals surface area contributed by atoms with Crippen LogP contribution in [0.2, 0.25) is 0 Å². The number of nitrogens with zero attached hydrogens (tertiary/aromatic N) is 9. The predicted octanol–water partition coefficient (Wildman–Crippen LogP) is 0.932. The molecule has 5 heterocycles. The molecule has 124 valence electrons. The van der Waals surface area contributed by atoms with Crippen LogP contribution in [0.1, 0.15) is 17.2 Å². The Labute approximate surface area is 142 Å². The topological polar surface area (TPSA) is 89.4 Å². The molecule has 0 aliphatic carbocycles. The van der Waals surface area contributed by atoms with Gasteiger partial charge in [-0.3, -0.25) is 5.01 Å². The van der Waals surface area contributed by atoms with Crippen LogP contribution in [0.3, 0.4) is 0 Å². The molecule has 5 rings (SSSR count). The Bertz CT molecular complexity index is 1090. The third-order valence-electron chi connectivity index (χ3n) is 4.31. The fraction of sp³-hybridized carbons (Fsp3) is 0.250.